The molecule has 3 nitrogen and oxygen atoms in total. The highest BCUT2D eigenvalue weighted by Gasteiger charge is 2.12. The molecule has 0 fully saturated rings. The van der Waals surface area contributed by atoms with Crippen LogP contribution in [0.5, 0.6) is 0 Å². The van der Waals surface area contributed by atoms with Crippen molar-refractivity contribution in [3.63, 3.8) is 0 Å². The lowest BCUT2D eigenvalue weighted by atomic mass is 10.1. The van der Waals surface area contributed by atoms with Crippen molar-refractivity contribution < 1.29 is 8.78 Å². The largest absolute Gasteiger partial charge is 0.319 e. The Balaban J connectivity index is 1.98. The molecule has 1 aromatic heterocycles. The standard InChI is InChI=1S/C13H14BrF2N3/c1-9(10-2-4-11(14)5-3-10)18-8-12-17-6-7-19(12)13(15)16/h2-7,9,13,18H,8H2,1H3/t9-/m0/s1. The number of nitrogens with zero attached hydrogens (tertiary/aromatic N) is 2. The predicted octanol–water partition coefficient (Wildman–Crippen LogP) is 3.89. The summed E-state index contributed by atoms with van der Waals surface area (Å²) in [4.78, 5) is 3.93. The van der Waals surface area contributed by atoms with Crippen molar-refractivity contribution in [2.45, 2.75) is 26.1 Å². The molecule has 2 aromatic rings. The molecular formula is C13H14BrF2N3. The van der Waals surface area contributed by atoms with Gasteiger partial charge in [-0.15, -0.1) is 0 Å². The molecule has 1 aromatic carbocycles. The molecule has 0 amide bonds. The second-order valence-corrected chi connectivity index (χ2v) is 5.10. The Hall–Kier alpha value is -1.27. The smallest absolute Gasteiger partial charge is 0.303 e. The molecule has 0 saturated heterocycles. The molecule has 6 heteroatoms. The molecule has 1 atom stereocenters. The van der Waals surface area contributed by atoms with Crippen molar-refractivity contribution >= 4 is 15.9 Å². The molecule has 1 N–H and O–H groups in total. The number of halogens is 3. The normalized spacial score (nSPS) is 12.9. The van der Waals surface area contributed by atoms with Gasteiger partial charge in [0.1, 0.15) is 5.82 Å². The van der Waals surface area contributed by atoms with Gasteiger partial charge in [-0.3, -0.25) is 4.57 Å². The zero-order valence-electron chi connectivity index (χ0n) is 10.4. The van der Waals surface area contributed by atoms with Crippen molar-refractivity contribution in [3.8, 4) is 0 Å². The van der Waals surface area contributed by atoms with Crippen LogP contribution in [0.1, 0.15) is 30.9 Å². The van der Waals surface area contributed by atoms with Crippen LogP contribution in [0.2, 0.25) is 0 Å². The van der Waals surface area contributed by atoms with Gasteiger partial charge in [-0.1, -0.05) is 28.1 Å². The number of nitrogens with one attached hydrogen (secondary N) is 1. The van der Waals surface area contributed by atoms with Gasteiger partial charge in [0.05, 0.1) is 6.54 Å². The quantitative estimate of drug-likeness (QED) is 0.901. The minimum Gasteiger partial charge on any atom is -0.303 e. The van der Waals surface area contributed by atoms with E-state index in [1.54, 1.807) is 0 Å². The Morgan fingerprint density at radius 3 is 2.63 bits per heavy atom. The molecule has 2 rings (SSSR count). The van der Waals surface area contributed by atoms with E-state index in [1.165, 1.54) is 12.4 Å². The number of hydrogen-bond donors (Lipinski definition) is 1. The molecule has 0 aliphatic heterocycles. The SMILES string of the molecule is C[C@H](NCc1nccn1C(F)F)c1ccc(Br)cc1. The molecular weight excluding hydrogens is 316 g/mol. The number of rotatable bonds is 5. The number of hydrogen-bond acceptors (Lipinski definition) is 2. The number of imidazole rings is 1. The molecule has 0 saturated carbocycles. The van der Waals surface area contributed by atoms with Gasteiger partial charge in [0.2, 0.25) is 0 Å². The number of aromatic nitrogens is 2. The lowest BCUT2D eigenvalue weighted by molar-refractivity contribution is 0.0665. The first kappa shape index (κ1) is 14.1. The fourth-order valence-corrected chi connectivity index (χ4v) is 2.04. The molecule has 1 heterocycles. The summed E-state index contributed by atoms with van der Waals surface area (Å²) in [6.45, 7) is -0.268. The minimum absolute atomic E-state index is 0.0657. The average Bonchev–Trinajstić information content (AvgIpc) is 2.85. The van der Waals surface area contributed by atoms with E-state index in [1.807, 2.05) is 31.2 Å². The summed E-state index contributed by atoms with van der Waals surface area (Å²) >= 11 is 3.37. The molecule has 102 valence electrons. The summed E-state index contributed by atoms with van der Waals surface area (Å²) in [5.41, 5.74) is 1.10. The van der Waals surface area contributed by atoms with Gasteiger partial charge in [0, 0.05) is 22.9 Å². The van der Waals surface area contributed by atoms with Crippen molar-refractivity contribution in [3.05, 3.63) is 52.5 Å². The summed E-state index contributed by atoms with van der Waals surface area (Å²) in [6.07, 6.45) is 2.67. The number of benzene rings is 1. The fourth-order valence-electron chi connectivity index (χ4n) is 1.77. The molecule has 0 radical (unpaired) electrons. The van der Waals surface area contributed by atoms with E-state index in [0.29, 0.717) is 12.4 Å². The Morgan fingerprint density at radius 1 is 1.32 bits per heavy atom. The highest BCUT2D eigenvalue weighted by atomic mass is 79.9. The maximum Gasteiger partial charge on any atom is 0.319 e. The molecule has 0 spiro atoms. The predicted molar refractivity (Wildman–Crippen MR) is 72.9 cm³/mol. The highest BCUT2D eigenvalue weighted by Crippen LogP contribution is 2.17. The van der Waals surface area contributed by atoms with Crippen LogP contribution < -0.4 is 5.32 Å². The third-order valence-electron chi connectivity index (χ3n) is 2.90. The van der Waals surface area contributed by atoms with Crippen LogP contribution in [0.15, 0.2) is 41.1 Å². The Bertz CT molecular complexity index is 525. The zero-order valence-corrected chi connectivity index (χ0v) is 11.9. The summed E-state index contributed by atoms with van der Waals surface area (Å²) in [7, 11) is 0. The van der Waals surface area contributed by atoms with Crippen molar-refractivity contribution in [1.29, 1.82) is 0 Å². The first-order valence-electron chi connectivity index (χ1n) is 5.86. The summed E-state index contributed by atoms with van der Waals surface area (Å²) in [5.74, 6) is 0.332. The van der Waals surface area contributed by atoms with E-state index in [4.69, 9.17) is 0 Å². The lowest BCUT2D eigenvalue weighted by Gasteiger charge is -2.15. The molecule has 0 bridgehead atoms. The second kappa shape index (κ2) is 6.25. The van der Waals surface area contributed by atoms with E-state index in [9.17, 15) is 8.78 Å². The third kappa shape index (κ3) is 3.61. The summed E-state index contributed by atoms with van der Waals surface area (Å²) < 4.78 is 27.2. The maximum absolute atomic E-state index is 12.6. The van der Waals surface area contributed by atoms with Crippen LogP contribution in [-0.4, -0.2) is 9.55 Å². The van der Waals surface area contributed by atoms with Gasteiger partial charge in [0.25, 0.3) is 0 Å². The van der Waals surface area contributed by atoms with Gasteiger partial charge < -0.3 is 5.32 Å². The average molecular weight is 330 g/mol. The first-order valence-corrected chi connectivity index (χ1v) is 6.66. The Morgan fingerprint density at radius 2 is 2.00 bits per heavy atom. The first-order chi connectivity index (χ1) is 9.08. The highest BCUT2D eigenvalue weighted by molar-refractivity contribution is 9.10. The van der Waals surface area contributed by atoms with Gasteiger partial charge in [-0.2, -0.15) is 8.78 Å². The fraction of sp³-hybridized carbons (Fsp3) is 0.308. The summed E-state index contributed by atoms with van der Waals surface area (Å²) in [6, 6.07) is 7.94. The van der Waals surface area contributed by atoms with E-state index < -0.39 is 6.55 Å². The van der Waals surface area contributed by atoms with Crippen LogP contribution in [0, 0.1) is 0 Å². The molecule has 0 unspecified atom stereocenters. The van der Waals surface area contributed by atoms with Crippen LogP contribution in [0.25, 0.3) is 0 Å². The monoisotopic (exact) mass is 329 g/mol. The molecule has 19 heavy (non-hydrogen) atoms. The number of alkyl halides is 2. The van der Waals surface area contributed by atoms with Gasteiger partial charge in [0.15, 0.2) is 0 Å². The van der Waals surface area contributed by atoms with Crippen LogP contribution in [-0.2, 0) is 6.54 Å². The molecule has 0 aliphatic rings. The van der Waals surface area contributed by atoms with Crippen LogP contribution in [0.3, 0.4) is 0 Å². The van der Waals surface area contributed by atoms with E-state index in [0.717, 1.165) is 14.6 Å². The second-order valence-electron chi connectivity index (χ2n) is 4.18. The van der Waals surface area contributed by atoms with Crippen molar-refractivity contribution in [1.82, 2.24) is 14.9 Å². The Labute approximate surface area is 118 Å². The van der Waals surface area contributed by atoms with Gasteiger partial charge in [-0.05, 0) is 24.6 Å². The minimum atomic E-state index is -2.55. The van der Waals surface area contributed by atoms with E-state index in [2.05, 4.69) is 26.2 Å². The maximum atomic E-state index is 12.6. The van der Waals surface area contributed by atoms with Gasteiger partial charge in [-0.25, -0.2) is 4.98 Å². The third-order valence-corrected chi connectivity index (χ3v) is 3.42. The summed E-state index contributed by atoms with van der Waals surface area (Å²) in [5, 5.41) is 3.18. The lowest BCUT2D eigenvalue weighted by Crippen LogP contribution is -2.20. The van der Waals surface area contributed by atoms with Crippen molar-refractivity contribution in [2.24, 2.45) is 0 Å². The van der Waals surface area contributed by atoms with Crippen LogP contribution >= 0.6 is 15.9 Å². The van der Waals surface area contributed by atoms with Crippen molar-refractivity contribution in [2.75, 3.05) is 0 Å². The Kier molecular flexibility index (Phi) is 4.66. The van der Waals surface area contributed by atoms with Gasteiger partial charge >= 0.3 is 6.55 Å². The topological polar surface area (TPSA) is 29.9 Å². The zero-order chi connectivity index (χ0) is 13.8. The van der Waals surface area contributed by atoms with E-state index in [-0.39, 0.29) is 6.04 Å². The van der Waals surface area contributed by atoms with Crippen LogP contribution in [0.4, 0.5) is 8.78 Å². The van der Waals surface area contributed by atoms with E-state index >= 15 is 0 Å². The molecule has 0 aliphatic carbocycles.